The van der Waals surface area contributed by atoms with Crippen LogP contribution in [0.5, 0.6) is 11.5 Å². The number of anilines is 1. The molecule has 6 nitrogen and oxygen atoms in total. The summed E-state index contributed by atoms with van der Waals surface area (Å²) in [6.07, 6.45) is 0.411. The Kier molecular flexibility index (Phi) is 7.39. The van der Waals surface area contributed by atoms with E-state index in [0.717, 1.165) is 23.7 Å². The first kappa shape index (κ1) is 17.1. The molecule has 1 aromatic rings. The first-order valence-corrected chi connectivity index (χ1v) is 6.94. The second-order valence-corrected chi connectivity index (χ2v) is 4.90. The second kappa shape index (κ2) is 9.07. The number of nitrogens with one attached hydrogen (secondary N) is 2. The molecule has 118 valence electrons. The van der Waals surface area contributed by atoms with Crippen molar-refractivity contribution in [2.24, 2.45) is 0 Å². The van der Waals surface area contributed by atoms with E-state index < -0.39 is 0 Å². The third-order valence-corrected chi connectivity index (χ3v) is 2.96. The number of likely N-dealkylation sites (N-methyl/N-ethyl adjacent to an activating group) is 1. The minimum atomic E-state index is 0.0335. The highest BCUT2D eigenvalue weighted by Crippen LogP contribution is 2.28. The van der Waals surface area contributed by atoms with Gasteiger partial charge in [0.25, 0.3) is 0 Å². The highest BCUT2D eigenvalue weighted by molar-refractivity contribution is 5.76. The molecule has 0 saturated carbocycles. The van der Waals surface area contributed by atoms with Crippen molar-refractivity contribution in [3.05, 3.63) is 18.2 Å². The first-order chi connectivity index (χ1) is 10.1. The minimum absolute atomic E-state index is 0.0335. The molecule has 0 saturated heterocycles. The lowest BCUT2D eigenvalue weighted by atomic mass is 10.2. The van der Waals surface area contributed by atoms with Crippen LogP contribution in [-0.4, -0.2) is 58.8 Å². The largest absolute Gasteiger partial charge is 0.497 e. The van der Waals surface area contributed by atoms with Crippen LogP contribution in [0, 0.1) is 0 Å². The van der Waals surface area contributed by atoms with Gasteiger partial charge in [-0.05, 0) is 26.2 Å². The summed E-state index contributed by atoms with van der Waals surface area (Å²) in [4.78, 5) is 13.7. The SMILES string of the molecule is COc1ccc(OC)c(NCCC(=O)NCCN(C)C)c1. The number of methoxy groups -OCH3 is 2. The van der Waals surface area contributed by atoms with Gasteiger partial charge in [0, 0.05) is 32.1 Å². The van der Waals surface area contributed by atoms with Gasteiger partial charge in [0.05, 0.1) is 19.9 Å². The summed E-state index contributed by atoms with van der Waals surface area (Å²) in [5, 5.41) is 6.07. The molecule has 0 bridgehead atoms. The lowest BCUT2D eigenvalue weighted by Crippen LogP contribution is -2.32. The van der Waals surface area contributed by atoms with E-state index in [-0.39, 0.29) is 5.91 Å². The molecule has 0 aliphatic heterocycles. The monoisotopic (exact) mass is 295 g/mol. The summed E-state index contributed by atoms with van der Waals surface area (Å²) in [6, 6.07) is 5.51. The van der Waals surface area contributed by atoms with Crippen molar-refractivity contribution in [3.63, 3.8) is 0 Å². The molecule has 0 aliphatic rings. The van der Waals surface area contributed by atoms with Crippen LogP contribution in [0.3, 0.4) is 0 Å². The Bertz CT molecular complexity index is 450. The Morgan fingerprint density at radius 3 is 2.57 bits per heavy atom. The van der Waals surface area contributed by atoms with Crippen molar-refractivity contribution in [2.45, 2.75) is 6.42 Å². The van der Waals surface area contributed by atoms with Gasteiger partial charge in [0.1, 0.15) is 11.5 Å². The van der Waals surface area contributed by atoms with Gasteiger partial charge in [-0.2, -0.15) is 0 Å². The lowest BCUT2D eigenvalue weighted by Gasteiger charge is -2.13. The number of carbonyl (C=O) groups is 1. The smallest absolute Gasteiger partial charge is 0.221 e. The van der Waals surface area contributed by atoms with Crippen molar-refractivity contribution in [1.29, 1.82) is 0 Å². The Morgan fingerprint density at radius 1 is 1.19 bits per heavy atom. The number of ether oxygens (including phenoxy) is 2. The van der Waals surface area contributed by atoms with E-state index in [1.807, 2.05) is 37.2 Å². The molecule has 0 unspecified atom stereocenters. The van der Waals surface area contributed by atoms with E-state index in [0.29, 0.717) is 19.5 Å². The van der Waals surface area contributed by atoms with E-state index in [9.17, 15) is 4.79 Å². The number of nitrogens with zero attached hydrogens (tertiary/aromatic N) is 1. The van der Waals surface area contributed by atoms with Gasteiger partial charge in [-0.25, -0.2) is 0 Å². The molecule has 0 spiro atoms. The summed E-state index contributed by atoms with van der Waals surface area (Å²) >= 11 is 0. The number of amides is 1. The third kappa shape index (κ3) is 6.35. The zero-order valence-electron chi connectivity index (χ0n) is 13.2. The second-order valence-electron chi connectivity index (χ2n) is 4.90. The topological polar surface area (TPSA) is 62.8 Å². The fourth-order valence-corrected chi connectivity index (χ4v) is 1.77. The van der Waals surface area contributed by atoms with Gasteiger partial charge < -0.3 is 25.0 Å². The van der Waals surface area contributed by atoms with Crippen molar-refractivity contribution in [2.75, 3.05) is 53.3 Å². The molecule has 0 aliphatic carbocycles. The average molecular weight is 295 g/mol. The maximum atomic E-state index is 11.7. The maximum absolute atomic E-state index is 11.7. The van der Waals surface area contributed by atoms with Gasteiger partial charge in [-0.3, -0.25) is 4.79 Å². The Morgan fingerprint density at radius 2 is 1.95 bits per heavy atom. The van der Waals surface area contributed by atoms with E-state index >= 15 is 0 Å². The van der Waals surface area contributed by atoms with Gasteiger partial charge in [0.15, 0.2) is 0 Å². The molecular weight excluding hydrogens is 270 g/mol. The highest BCUT2D eigenvalue weighted by Gasteiger charge is 2.06. The van der Waals surface area contributed by atoms with Crippen LogP contribution in [0.15, 0.2) is 18.2 Å². The Balaban J connectivity index is 2.39. The normalized spacial score (nSPS) is 10.3. The average Bonchev–Trinajstić information content (AvgIpc) is 2.46. The zero-order valence-corrected chi connectivity index (χ0v) is 13.2. The van der Waals surface area contributed by atoms with Crippen LogP contribution in [0.1, 0.15) is 6.42 Å². The van der Waals surface area contributed by atoms with Crippen LogP contribution < -0.4 is 20.1 Å². The molecule has 1 amide bonds. The molecule has 0 atom stereocenters. The van der Waals surface area contributed by atoms with Crippen LogP contribution in [-0.2, 0) is 4.79 Å². The van der Waals surface area contributed by atoms with Gasteiger partial charge >= 0.3 is 0 Å². The van der Waals surface area contributed by atoms with Gasteiger partial charge in [-0.1, -0.05) is 0 Å². The van der Waals surface area contributed by atoms with Crippen molar-refractivity contribution in [1.82, 2.24) is 10.2 Å². The highest BCUT2D eigenvalue weighted by atomic mass is 16.5. The van der Waals surface area contributed by atoms with E-state index in [1.54, 1.807) is 14.2 Å². The zero-order chi connectivity index (χ0) is 15.7. The quantitative estimate of drug-likeness (QED) is 0.716. The molecule has 1 aromatic carbocycles. The summed E-state index contributed by atoms with van der Waals surface area (Å²) < 4.78 is 10.4. The number of carbonyl (C=O) groups excluding carboxylic acids is 1. The van der Waals surface area contributed by atoms with Gasteiger partial charge in [-0.15, -0.1) is 0 Å². The standard InChI is InChI=1S/C15H25N3O3/c1-18(2)10-9-17-15(19)7-8-16-13-11-12(20-3)5-6-14(13)21-4/h5-6,11,16H,7-10H2,1-4H3,(H,17,19). The molecule has 0 fully saturated rings. The van der Waals surface area contributed by atoms with Crippen molar-refractivity contribution < 1.29 is 14.3 Å². The first-order valence-electron chi connectivity index (χ1n) is 6.94. The van der Waals surface area contributed by atoms with Gasteiger partial charge in [0.2, 0.25) is 5.91 Å². The van der Waals surface area contributed by atoms with Crippen LogP contribution in [0.2, 0.25) is 0 Å². The number of rotatable bonds is 9. The number of hydrogen-bond donors (Lipinski definition) is 2. The third-order valence-electron chi connectivity index (χ3n) is 2.96. The van der Waals surface area contributed by atoms with E-state index in [4.69, 9.17) is 9.47 Å². The van der Waals surface area contributed by atoms with E-state index in [2.05, 4.69) is 10.6 Å². The summed E-state index contributed by atoms with van der Waals surface area (Å²) in [6.45, 7) is 2.04. The summed E-state index contributed by atoms with van der Waals surface area (Å²) in [7, 11) is 7.18. The molecule has 21 heavy (non-hydrogen) atoms. The minimum Gasteiger partial charge on any atom is -0.497 e. The molecular formula is C15H25N3O3. The number of hydrogen-bond acceptors (Lipinski definition) is 5. The summed E-state index contributed by atoms with van der Waals surface area (Å²) in [5.74, 6) is 1.50. The van der Waals surface area contributed by atoms with Crippen LogP contribution in [0.25, 0.3) is 0 Å². The number of benzene rings is 1. The fourth-order valence-electron chi connectivity index (χ4n) is 1.77. The predicted molar refractivity (Wildman–Crippen MR) is 84.2 cm³/mol. The maximum Gasteiger partial charge on any atom is 0.221 e. The lowest BCUT2D eigenvalue weighted by molar-refractivity contribution is -0.120. The molecule has 2 N–H and O–H groups in total. The van der Waals surface area contributed by atoms with Crippen molar-refractivity contribution in [3.8, 4) is 11.5 Å². The molecule has 1 rings (SSSR count). The Hall–Kier alpha value is -1.95. The molecule has 6 heteroatoms. The van der Waals surface area contributed by atoms with Crippen LogP contribution in [0.4, 0.5) is 5.69 Å². The predicted octanol–water partition coefficient (Wildman–Crippen LogP) is 1.18. The molecule has 0 radical (unpaired) electrons. The molecule has 0 aromatic heterocycles. The molecule has 0 heterocycles. The Labute approximate surface area is 126 Å². The summed E-state index contributed by atoms with van der Waals surface area (Å²) in [5.41, 5.74) is 0.818. The fraction of sp³-hybridized carbons (Fsp3) is 0.533. The van der Waals surface area contributed by atoms with E-state index in [1.165, 1.54) is 0 Å². The van der Waals surface area contributed by atoms with Crippen molar-refractivity contribution >= 4 is 11.6 Å². The van der Waals surface area contributed by atoms with Crippen LogP contribution >= 0.6 is 0 Å².